The first kappa shape index (κ1) is 14.2. The Bertz CT molecular complexity index is 581. The maximum atomic E-state index is 13.8. The smallest absolute Gasteiger partial charge is 0.137 e. The van der Waals surface area contributed by atoms with Crippen LogP contribution >= 0.6 is 15.9 Å². The van der Waals surface area contributed by atoms with Crippen LogP contribution in [0.25, 0.3) is 0 Å². The molecular formula is C15H13BrF2O. The van der Waals surface area contributed by atoms with Crippen LogP contribution in [0.5, 0.6) is 0 Å². The molecule has 1 nitrogen and oxygen atoms in total. The minimum Gasteiger partial charge on any atom is -0.384 e. The maximum Gasteiger partial charge on any atom is 0.137 e. The third kappa shape index (κ3) is 3.01. The average Bonchev–Trinajstić information content (AvgIpc) is 2.42. The summed E-state index contributed by atoms with van der Waals surface area (Å²) >= 11 is 2.91. The number of rotatable bonds is 3. The fraction of sp³-hybridized carbons (Fsp3) is 0.200. The van der Waals surface area contributed by atoms with Gasteiger partial charge in [-0.1, -0.05) is 31.2 Å². The Morgan fingerprint density at radius 2 is 1.74 bits per heavy atom. The molecular weight excluding hydrogens is 314 g/mol. The molecule has 0 fully saturated rings. The lowest BCUT2D eigenvalue weighted by molar-refractivity contribution is 0.214. The van der Waals surface area contributed by atoms with Gasteiger partial charge in [-0.3, -0.25) is 0 Å². The Hall–Kier alpha value is -1.26. The van der Waals surface area contributed by atoms with E-state index >= 15 is 0 Å². The van der Waals surface area contributed by atoms with Gasteiger partial charge in [0, 0.05) is 5.56 Å². The van der Waals surface area contributed by atoms with Crippen molar-refractivity contribution in [2.24, 2.45) is 0 Å². The van der Waals surface area contributed by atoms with Crippen LogP contribution < -0.4 is 0 Å². The van der Waals surface area contributed by atoms with E-state index in [-0.39, 0.29) is 10.0 Å². The van der Waals surface area contributed by atoms with Crippen LogP contribution in [-0.2, 0) is 6.42 Å². The van der Waals surface area contributed by atoms with Gasteiger partial charge in [-0.05, 0) is 45.6 Å². The highest BCUT2D eigenvalue weighted by molar-refractivity contribution is 9.10. The lowest BCUT2D eigenvalue weighted by atomic mass is 9.99. The normalized spacial score (nSPS) is 12.5. The molecule has 0 aliphatic heterocycles. The van der Waals surface area contributed by atoms with Gasteiger partial charge in [0.25, 0.3) is 0 Å². The summed E-state index contributed by atoms with van der Waals surface area (Å²) in [5, 5.41) is 10.1. The molecule has 0 radical (unpaired) electrons. The van der Waals surface area contributed by atoms with Gasteiger partial charge in [0.15, 0.2) is 0 Å². The lowest BCUT2D eigenvalue weighted by Gasteiger charge is -2.13. The van der Waals surface area contributed by atoms with E-state index in [9.17, 15) is 13.9 Å². The van der Waals surface area contributed by atoms with Gasteiger partial charge >= 0.3 is 0 Å². The SMILES string of the molecule is CCc1ccc(C(O)c2cc(F)c(Br)cc2F)cc1. The van der Waals surface area contributed by atoms with E-state index in [2.05, 4.69) is 15.9 Å². The number of benzene rings is 2. The van der Waals surface area contributed by atoms with Gasteiger partial charge in [0.2, 0.25) is 0 Å². The van der Waals surface area contributed by atoms with E-state index in [1.807, 2.05) is 19.1 Å². The number of hydrogen-bond acceptors (Lipinski definition) is 1. The summed E-state index contributed by atoms with van der Waals surface area (Å²) in [5.41, 5.74) is 1.60. The number of halogens is 3. The number of aliphatic hydroxyl groups is 1. The van der Waals surface area contributed by atoms with Crippen molar-refractivity contribution in [3.63, 3.8) is 0 Å². The third-order valence-electron chi connectivity index (χ3n) is 3.04. The summed E-state index contributed by atoms with van der Waals surface area (Å²) in [5.74, 6) is -1.24. The molecule has 2 aromatic carbocycles. The third-order valence-corrected chi connectivity index (χ3v) is 3.65. The molecule has 4 heteroatoms. The summed E-state index contributed by atoms with van der Waals surface area (Å²) in [7, 11) is 0. The fourth-order valence-corrected chi connectivity index (χ4v) is 2.18. The zero-order chi connectivity index (χ0) is 14.0. The lowest BCUT2D eigenvalue weighted by Crippen LogP contribution is -2.04. The van der Waals surface area contributed by atoms with Crippen LogP contribution in [0, 0.1) is 11.6 Å². The fourth-order valence-electron chi connectivity index (χ4n) is 1.86. The zero-order valence-electron chi connectivity index (χ0n) is 10.3. The van der Waals surface area contributed by atoms with Gasteiger partial charge in [-0.15, -0.1) is 0 Å². The standard InChI is InChI=1S/C15H13BrF2O/c1-2-9-3-5-10(6-4-9)15(19)11-7-14(18)12(16)8-13(11)17/h3-8,15,19H,2H2,1H3. The Labute approximate surface area is 119 Å². The zero-order valence-corrected chi connectivity index (χ0v) is 11.9. The maximum absolute atomic E-state index is 13.8. The van der Waals surface area contributed by atoms with Crippen molar-refractivity contribution in [2.45, 2.75) is 19.4 Å². The summed E-state index contributed by atoms with van der Waals surface area (Å²) in [6.07, 6.45) is -0.286. The van der Waals surface area contributed by atoms with Crippen LogP contribution in [0.2, 0.25) is 0 Å². The second-order valence-corrected chi connectivity index (χ2v) is 5.14. The quantitative estimate of drug-likeness (QED) is 0.830. The molecule has 2 aromatic rings. The molecule has 0 amide bonds. The van der Waals surface area contributed by atoms with Crippen molar-refractivity contribution in [1.29, 1.82) is 0 Å². The van der Waals surface area contributed by atoms with Crippen LogP contribution in [-0.4, -0.2) is 5.11 Å². The number of aryl methyl sites for hydroxylation is 1. The van der Waals surface area contributed by atoms with E-state index in [0.717, 1.165) is 24.1 Å². The first-order valence-electron chi connectivity index (χ1n) is 5.94. The monoisotopic (exact) mass is 326 g/mol. The molecule has 19 heavy (non-hydrogen) atoms. The molecule has 2 rings (SSSR count). The summed E-state index contributed by atoms with van der Waals surface area (Å²) in [4.78, 5) is 0. The molecule has 0 aliphatic rings. The van der Waals surface area contributed by atoms with Crippen LogP contribution in [0.1, 0.15) is 29.7 Å². The molecule has 1 N–H and O–H groups in total. The molecule has 0 heterocycles. The highest BCUT2D eigenvalue weighted by atomic mass is 79.9. The van der Waals surface area contributed by atoms with Crippen molar-refractivity contribution in [1.82, 2.24) is 0 Å². The van der Waals surface area contributed by atoms with E-state index in [1.165, 1.54) is 0 Å². The van der Waals surface area contributed by atoms with E-state index in [0.29, 0.717) is 5.56 Å². The molecule has 0 saturated carbocycles. The Morgan fingerprint density at radius 1 is 1.11 bits per heavy atom. The Morgan fingerprint density at radius 3 is 2.32 bits per heavy atom. The van der Waals surface area contributed by atoms with Gasteiger partial charge in [-0.25, -0.2) is 8.78 Å². The highest BCUT2D eigenvalue weighted by Crippen LogP contribution is 2.28. The largest absolute Gasteiger partial charge is 0.384 e. The summed E-state index contributed by atoms with van der Waals surface area (Å²) < 4.78 is 27.2. The molecule has 1 unspecified atom stereocenters. The first-order chi connectivity index (χ1) is 9.02. The topological polar surface area (TPSA) is 20.2 Å². The average molecular weight is 327 g/mol. The molecule has 0 aromatic heterocycles. The molecule has 0 saturated heterocycles. The van der Waals surface area contributed by atoms with Crippen molar-refractivity contribution >= 4 is 15.9 Å². The first-order valence-corrected chi connectivity index (χ1v) is 6.73. The predicted molar refractivity (Wildman–Crippen MR) is 73.9 cm³/mol. The van der Waals surface area contributed by atoms with E-state index < -0.39 is 17.7 Å². The second kappa shape index (κ2) is 5.80. The number of hydrogen-bond donors (Lipinski definition) is 1. The Kier molecular flexibility index (Phi) is 4.32. The minimum absolute atomic E-state index is 0.0438. The van der Waals surface area contributed by atoms with E-state index in [4.69, 9.17) is 0 Å². The summed E-state index contributed by atoms with van der Waals surface area (Å²) in [6, 6.07) is 9.22. The van der Waals surface area contributed by atoms with Gasteiger partial charge in [0.1, 0.15) is 17.7 Å². The van der Waals surface area contributed by atoms with Crippen molar-refractivity contribution in [3.05, 3.63) is 69.2 Å². The minimum atomic E-state index is -1.17. The van der Waals surface area contributed by atoms with Crippen molar-refractivity contribution in [2.75, 3.05) is 0 Å². The second-order valence-electron chi connectivity index (χ2n) is 4.29. The molecule has 0 bridgehead atoms. The number of aliphatic hydroxyl groups excluding tert-OH is 1. The molecule has 0 aliphatic carbocycles. The van der Waals surface area contributed by atoms with Gasteiger partial charge < -0.3 is 5.11 Å². The van der Waals surface area contributed by atoms with Crippen LogP contribution in [0.4, 0.5) is 8.78 Å². The van der Waals surface area contributed by atoms with Crippen LogP contribution in [0.3, 0.4) is 0 Å². The highest BCUT2D eigenvalue weighted by Gasteiger charge is 2.17. The van der Waals surface area contributed by atoms with Crippen molar-refractivity contribution < 1.29 is 13.9 Å². The van der Waals surface area contributed by atoms with Crippen molar-refractivity contribution in [3.8, 4) is 0 Å². The summed E-state index contributed by atoms with van der Waals surface area (Å²) in [6.45, 7) is 2.02. The molecule has 1 atom stereocenters. The predicted octanol–water partition coefficient (Wildman–Crippen LogP) is 4.37. The van der Waals surface area contributed by atoms with Gasteiger partial charge in [-0.2, -0.15) is 0 Å². The van der Waals surface area contributed by atoms with E-state index in [1.54, 1.807) is 12.1 Å². The molecule has 0 spiro atoms. The Balaban J connectivity index is 2.37. The molecule has 100 valence electrons. The van der Waals surface area contributed by atoms with Gasteiger partial charge in [0.05, 0.1) is 4.47 Å². The van der Waals surface area contributed by atoms with Crippen LogP contribution in [0.15, 0.2) is 40.9 Å².